The molecule has 0 aliphatic rings. The van der Waals surface area contributed by atoms with Crippen LogP contribution < -0.4 is 10.6 Å². The molecule has 0 aliphatic heterocycles. The monoisotopic (exact) mass is 323 g/mol. The molecule has 0 unspecified atom stereocenters. The maximum absolute atomic E-state index is 11.9. The molecule has 0 aromatic carbocycles. The summed E-state index contributed by atoms with van der Waals surface area (Å²) in [7, 11) is 1.66. The molecule has 0 bridgehead atoms. The van der Waals surface area contributed by atoms with E-state index in [0.717, 1.165) is 24.5 Å². The predicted molar refractivity (Wildman–Crippen MR) is 85.3 cm³/mol. The summed E-state index contributed by atoms with van der Waals surface area (Å²) in [5.41, 5.74) is 2.32. The number of halogens is 2. The first kappa shape index (κ1) is 21.4. The number of aromatic nitrogens is 1. The van der Waals surface area contributed by atoms with Crippen molar-refractivity contribution in [1.82, 2.24) is 15.6 Å². The van der Waals surface area contributed by atoms with E-state index >= 15 is 0 Å². The number of methoxy groups -OCH3 is 1. The third-order valence-corrected chi connectivity index (χ3v) is 2.54. The Kier molecular flexibility index (Phi) is 12.8. The quantitative estimate of drug-likeness (QED) is 0.746. The summed E-state index contributed by atoms with van der Waals surface area (Å²) >= 11 is 0. The van der Waals surface area contributed by atoms with E-state index in [2.05, 4.69) is 15.6 Å². The zero-order chi connectivity index (χ0) is 13.4. The summed E-state index contributed by atoms with van der Waals surface area (Å²) in [4.78, 5) is 16.1. The van der Waals surface area contributed by atoms with Gasteiger partial charge in [0, 0.05) is 32.4 Å². The maximum Gasteiger partial charge on any atom is 0.253 e. The van der Waals surface area contributed by atoms with Gasteiger partial charge in [0.15, 0.2) is 0 Å². The molecule has 116 valence electrons. The Labute approximate surface area is 132 Å². The van der Waals surface area contributed by atoms with Crippen LogP contribution in [0.15, 0.2) is 12.1 Å². The van der Waals surface area contributed by atoms with Crippen LogP contribution in [0, 0.1) is 13.8 Å². The minimum atomic E-state index is -0.0754. The molecular formula is C13H23Cl2N3O2. The lowest BCUT2D eigenvalue weighted by Crippen LogP contribution is -2.33. The normalized spacial score (nSPS) is 9.35. The van der Waals surface area contributed by atoms with Crippen LogP contribution in [0.3, 0.4) is 0 Å². The highest BCUT2D eigenvalue weighted by Gasteiger charge is 2.08. The first-order valence-corrected chi connectivity index (χ1v) is 6.07. The number of amides is 1. The third kappa shape index (κ3) is 7.65. The molecule has 0 saturated heterocycles. The Hall–Kier alpha value is -0.880. The smallest absolute Gasteiger partial charge is 0.253 e. The molecular weight excluding hydrogens is 301 g/mol. The molecule has 0 saturated carbocycles. The average Bonchev–Trinajstić information content (AvgIpc) is 2.33. The van der Waals surface area contributed by atoms with E-state index in [0.29, 0.717) is 18.7 Å². The van der Waals surface area contributed by atoms with Gasteiger partial charge in [0.25, 0.3) is 5.91 Å². The van der Waals surface area contributed by atoms with Gasteiger partial charge < -0.3 is 15.4 Å². The van der Waals surface area contributed by atoms with Crippen molar-refractivity contribution in [3.63, 3.8) is 0 Å². The fraction of sp³-hybridized carbons (Fsp3) is 0.538. The minimum Gasteiger partial charge on any atom is -0.383 e. The first-order chi connectivity index (χ1) is 8.65. The molecule has 0 atom stereocenters. The highest BCUT2D eigenvalue weighted by atomic mass is 35.5. The lowest BCUT2D eigenvalue weighted by atomic mass is 10.2. The molecule has 7 heteroatoms. The lowest BCUT2D eigenvalue weighted by molar-refractivity contribution is 0.0952. The Morgan fingerprint density at radius 1 is 1.20 bits per heavy atom. The van der Waals surface area contributed by atoms with Crippen molar-refractivity contribution in [3.8, 4) is 0 Å². The van der Waals surface area contributed by atoms with E-state index in [9.17, 15) is 4.79 Å². The largest absolute Gasteiger partial charge is 0.383 e. The van der Waals surface area contributed by atoms with Gasteiger partial charge in [-0.1, -0.05) is 0 Å². The number of carbonyl (C=O) groups is 1. The van der Waals surface area contributed by atoms with E-state index in [-0.39, 0.29) is 30.7 Å². The number of nitrogens with one attached hydrogen (secondary N) is 2. The Bertz CT molecular complexity index is 403. The van der Waals surface area contributed by atoms with Gasteiger partial charge in [-0.3, -0.25) is 9.78 Å². The van der Waals surface area contributed by atoms with Crippen molar-refractivity contribution in [3.05, 3.63) is 29.1 Å². The Balaban J connectivity index is 0. The summed E-state index contributed by atoms with van der Waals surface area (Å²) in [6.07, 6.45) is 0. The van der Waals surface area contributed by atoms with Crippen LogP contribution in [-0.4, -0.2) is 44.2 Å². The summed E-state index contributed by atoms with van der Waals surface area (Å²) in [5.74, 6) is -0.0754. The average molecular weight is 324 g/mol. The molecule has 1 amide bonds. The molecule has 5 nitrogen and oxygen atoms in total. The van der Waals surface area contributed by atoms with Gasteiger partial charge in [-0.15, -0.1) is 24.8 Å². The highest BCUT2D eigenvalue weighted by Crippen LogP contribution is 2.05. The van der Waals surface area contributed by atoms with E-state index in [4.69, 9.17) is 4.74 Å². The molecule has 1 heterocycles. The van der Waals surface area contributed by atoms with Crippen molar-refractivity contribution in [2.45, 2.75) is 13.8 Å². The van der Waals surface area contributed by atoms with Crippen LogP contribution in [-0.2, 0) is 4.74 Å². The van der Waals surface area contributed by atoms with Crippen LogP contribution >= 0.6 is 24.8 Å². The number of hydrogen-bond donors (Lipinski definition) is 2. The van der Waals surface area contributed by atoms with Gasteiger partial charge in [-0.25, -0.2) is 0 Å². The number of rotatable bonds is 7. The summed E-state index contributed by atoms with van der Waals surface area (Å²) in [6, 6.07) is 3.66. The molecule has 2 N–H and O–H groups in total. The standard InChI is InChI=1S/C13H21N3O2.2ClH/c1-10-4-5-12(11(2)16-10)13(17)15-7-6-14-8-9-18-3;;/h4-5,14H,6-9H2,1-3H3,(H,15,17);2*1H. The van der Waals surface area contributed by atoms with Crippen molar-refractivity contribution >= 4 is 30.7 Å². The van der Waals surface area contributed by atoms with Gasteiger partial charge in [-0.05, 0) is 26.0 Å². The molecule has 0 spiro atoms. The molecule has 0 fully saturated rings. The zero-order valence-electron chi connectivity index (χ0n) is 12.1. The Morgan fingerprint density at radius 3 is 2.50 bits per heavy atom. The summed E-state index contributed by atoms with van der Waals surface area (Å²) in [5, 5.41) is 6.02. The first-order valence-electron chi connectivity index (χ1n) is 6.07. The van der Waals surface area contributed by atoms with Crippen molar-refractivity contribution < 1.29 is 9.53 Å². The minimum absolute atomic E-state index is 0. The van der Waals surface area contributed by atoms with Crippen molar-refractivity contribution in [1.29, 1.82) is 0 Å². The topological polar surface area (TPSA) is 63.2 Å². The predicted octanol–water partition coefficient (Wildman–Crippen LogP) is 1.51. The maximum atomic E-state index is 11.9. The second kappa shape index (κ2) is 11.9. The van der Waals surface area contributed by atoms with E-state index in [1.165, 1.54) is 0 Å². The molecule has 1 aromatic rings. The summed E-state index contributed by atoms with van der Waals surface area (Å²) < 4.78 is 4.91. The van der Waals surface area contributed by atoms with Crippen LogP contribution in [0.5, 0.6) is 0 Å². The van der Waals surface area contributed by atoms with Crippen LogP contribution in [0.1, 0.15) is 21.7 Å². The van der Waals surface area contributed by atoms with E-state index in [1.807, 2.05) is 26.0 Å². The van der Waals surface area contributed by atoms with Crippen molar-refractivity contribution in [2.24, 2.45) is 0 Å². The number of carbonyl (C=O) groups excluding carboxylic acids is 1. The SMILES string of the molecule is COCCNCCNC(=O)c1ccc(C)nc1C.Cl.Cl. The molecule has 0 aliphatic carbocycles. The fourth-order valence-electron chi connectivity index (χ4n) is 1.59. The number of nitrogens with zero attached hydrogens (tertiary/aromatic N) is 1. The van der Waals surface area contributed by atoms with Crippen LogP contribution in [0.4, 0.5) is 0 Å². The fourth-order valence-corrected chi connectivity index (χ4v) is 1.59. The van der Waals surface area contributed by atoms with Gasteiger partial charge in [0.2, 0.25) is 0 Å². The molecule has 1 aromatic heterocycles. The molecule has 20 heavy (non-hydrogen) atoms. The highest BCUT2D eigenvalue weighted by molar-refractivity contribution is 5.95. The second-order valence-electron chi connectivity index (χ2n) is 4.08. The van der Waals surface area contributed by atoms with Crippen LogP contribution in [0.25, 0.3) is 0 Å². The van der Waals surface area contributed by atoms with E-state index < -0.39 is 0 Å². The van der Waals surface area contributed by atoms with Crippen LogP contribution in [0.2, 0.25) is 0 Å². The van der Waals surface area contributed by atoms with Gasteiger partial charge in [-0.2, -0.15) is 0 Å². The number of hydrogen-bond acceptors (Lipinski definition) is 4. The molecule has 1 rings (SSSR count). The van der Waals surface area contributed by atoms with Crippen molar-refractivity contribution in [2.75, 3.05) is 33.4 Å². The van der Waals surface area contributed by atoms with E-state index in [1.54, 1.807) is 7.11 Å². The molecule has 0 radical (unpaired) electrons. The van der Waals surface area contributed by atoms with Gasteiger partial charge in [0.1, 0.15) is 0 Å². The Morgan fingerprint density at radius 2 is 1.90 bits per heavy atom. The third-order valence-electron chi connectivity index (χ3n) is 2.54. The zero-order valence-corrected chi connectivity index (χ0v) is 13.7. The van der Waals surface area contributed by atoms with Gasteiger partial charge in [0.05, 0.1) is 17.9 Å². The number of pyridine rings is 1. The lowest BCUT2D eigenvalue weighted by Gasteiger charge is -2.08. The van der Waals surface area contributed by atoms with Gasteiger partial charge >= 0.3 is 0 Å². The second-order valence-corrected chi connectivity index (χ2v) is 4.08. The number of aryl methyl sites for hydroxylation is 2. The number of ether oxygens (including phenoxy) is 1. The summed E-state index contributed by atoms with van der Waals surface area (Å²) in [6.45, 7) is 6.54.